The number of hydrogen-bond acceptors (Lipinski definition) is 2. The second-order valence-corrected chi connectivity index (χ2v) is 4.68. The van der Waals surface area contributed by atoms with Gasteiger partial charge in [0.05, 0.1) is 11.0 Å². The van der Waals surface area contributed by atoms with Gasteiger partial charge in [-0.1, -0.05) is 48.6 Å². The summed E-state index contributed by atoms with van der Waals surface area (Å²) >= 11 is 0. The van der Waals surface area contributed by atoms with Crippen LogP contribution in [0.1, 0.15) is 11.1 Å². The van der Waals surface area contributed by atoms with Gasteiger partial charge >= 0.3 is 0 Å². The van der Waals surface area contributed by atoms with E-state index in [0.717, 1.165) is 17.5 Å². The number of allylic oxidation sites excluding steroid dienone is 3. The Morgan fingerprint density at radius 3 is 2.53 bits per heavy atom. The van der Waals surface area contributed by atoms with Crippen molar-refractivity contribution >= 4 is 27.9 Å². The van der Waals surface area contributed by atoms with E-state index >= 15 is 0 Å². The maximum Gasteiger partial charge on any atom is 0.0968 e. The second kappa shape index (κ2) is 4.02. The molecule has 0 N–H and O–H groups in total. The largest absolute Gasteiger partial charge is 0.253 e. The van der Waals surface area contributed by atoms with Crippen LogP contribution in [-0.2, 0) is 6.42 Å². The summed E-state index contributed by atoms with van der Waals surface area (Å²) in [5, 5.41) is 2.43. The maximum atomic E-state index is 4.56. The minimum atomic E-state index is 0.905. The van der Waals surface area contributed by atoms with Crippen LogP contribution in [0, 0.1) is 0 Å². The molecule has 2 heteroatoms. The molecule has 90 valence electrons. The Balaban J connectivity index is 2.30. The molecule has 0 bridgehead atoms. The predicted molar refractivity (Wildman–Crippen MR) is 78.9 cm³/mol. The molecule has 0 fully saturated rings. The van der Waals surface area contributed by atoms with Crippen LogP contribution in [-0.4, -0.2) is 9.97 Å². The summed E-state index contributed by atoms with van der Waals surface area (Å²) in [5.41, 5.74) is 4.56. The van der Waals surface area contributed by atoms with Crippen LogP contribution >= 0.6 is 0 Å². The molecule has 3 aromatic rings. The third-order valence-electron chi connectivity index (χ3n) is 3.61. The predicted octanol–water partition coefficient (Wildman–Crippen LogP) is 3.91. The number of hydrogen-bond donors (Lipinski definition) is 0. The normalized spacial score (nSPS) is 13.7. The first-order chi connectivity index (χ1) is 9.45. The molecule has 0 saturated heterocycles. The average Bonchev–Trinajstić information content (AvgIpc) is 2.73. The highest BCUT2D eigenvalue weighted by Crippen LogP contribution is 2.32. The molecule has 0 radical (unpaired) electrons. The van der Waals surface area contributed by atoms with Gasteiger partial charge in [0.2, 0.25) is 0 Å². The molecule has 2 nitrogen and oxygen atoms in total. The first kappa shape index (κ1) is 10.4. The van der Waals surface area contributed by atoms with Gasteiger partial charge in [-0.3, -0.25) is 9.97 Å². The Morgan fingerprint density at radius 1 is 0.842 bits per heavy atom. The summed E-state index contributed by atoms with van der Waals surface area (Å²) in [5.74, 6) is 0. The molecule has 1 aliphatic carbocycles. The molecule has 0 saturated carbocycles. The summed E-state index contributed by atoms with van der Waals surface area (Å²) in [6.45, 7) is 0. The lowest BCUT2D eigenvalue weighted by atomic mass is 9.95. The quantitative estimate of drug-likeness (QED) is 0.560. The minimum Gasteiger partial charge on any atom is -0.253 e. The summed E-state index contributed by atoms with van der Waals surface area (Å²) in [6, 6.07) is 8.43. The topological polar surface area (TPSA) is 25.8 Å². The van der Waals surface area contributed by atoms with Crippen molar-refractivity contribution in [1.82, 2.24) is 9.97 Å². The smallest absolute Gasteiger partial charge is 0.0968 e. The number of benzene rings is 2. The van der Waals surface area contributed by atoms with Gasteiger partial charge in [-0.15, -0.1) is 0 Å². The number of rotatable bonds is 0. The van der Waals surface area contributed by atoms with Crippen LogP contribution in [0.3, 0.4) is 0 Å². The fraction of sp³-hybridized carbons (Fsp3) is 0.0588. The van der Waals surface area contributed by atoms with E-state index in [1.807, 2.05) is 0 Å². The lowest BCUT2D eigenvalue weighted by Crippen LogP contribution is -1.95. The van der Waals surface area contributed by atoms with Gasteiger partial charge in [0.15, 0.2) is 0 Å². The van der Waals surface area contributed by atoms with E-state index in [1.165, 1.54) is 21.9 Å². The van der Waals surface area contributed by atoms with E-state index < -0.39 is 0 Å². The standard InChI is InChI=1S/C17H12N2/c1-2-6-12-13-7-4-5-9-15(13)17-16(14(12)8-3-1)18-10-11-19-17/h1-7,9-11H,8H2. The van der Waals surface area contributed by atoms with Gasteiger partial charge in [-0.05, 0) is 22.9 Å². The molecule has 1 aliphatic rings. The first-order valence-electron chi connectivity index (χ1n) is 6.42. The third-order valence-corrected chi connectivity index (χ3v) is 3.61. The Hall–Kier alpha value is -2.48. The summed E-state index contributed by atoms with van der Waals surface area (Å²) in [7, 11) is 0. The third kappa shape index (κ3) is 1.50. The SMILES string of the molecule is C1=CCc2c(c3ccccc3c3nccnc23)C=C1. The highest BCUT2D eigenvalue weighted by atomic mass is 14.8. The maximum absolute atomic E-state index is 4.56. The number of aromatic nitrogens is 2. The monoisotopic (exact) mass is 244 g/mol. The van der Waals surface area contributed by atoms with Crippen molar-refractivity contribution in [1.29, 1.82) is 0 Å². The van der Waals surface area contributed by atoms with E-state index in [9.17, 15) is 0 Å². The first-order valence-corrected chi connectivity index (χ1v) is 6.42. The van der Waals surface area contributed by atoms with Crippen molar-refractivity contribution in [3.63, 3.8) is 0 Å². The molecule has 0 unspecified atom stereocenters. The van der Waals surface area contributed by atoms with E-state index in [-0.39, 0.29) is 0 Å². The molecule has 1 aromatic heterocycles. The molecular weight excluding hydrogens is 232 g/mol. The van der Waals surface area contributed by atoms with Crippen molar-refractivity contribution in [2.75, 3.05) is 0 Å². The fourth-order valence-corrected chi connectivity index (χ4v) is 2.78. The number of fused-ring (bicyclic) bond motifs is 6. The van der Waals surface area contributed by atoms with Gasteiger partial charge in [-0.2, -0.15) is 0 Å². The fourth-order valence-electron chi connectivity index (χ4n) is 2.78. The lowest BCUT2D eigenvalue weighted by molar-refractivity contribution is 1.23. The zero-order valence-electron chi connectivity index (χ0n) is 10.4. The van der Waals surface area contributed by atoms with E-state index in [0.29, 0.717) is 0 Å². The summed E-state index contributed by atoms with van der Waals surface area (Å²) in [4.78, 5) is 9.09. The van der Waals surface area contributed by atoms with Crippen LogP contribution < -0.4 is 0 Å². The van der Waals surface area contributed by atoms with Crippen molar-refractivity contribution in [2.45, 2.75) is 6.42 Å². The number of nitrogens with zero attached hydrogens (tertiary/aromatic N) is 2. The van der Waals surface area contributed by atoms with Crippen molar-refractivity contribution in [3.8, 4) is 0 Å². The van der Waals surface area contributed by atoms with Crippen molar-refractivity contribution in [3.05, 3.63) is 66.0 Å². The molecule has 0 atom stereocenters. The Morgan fingerprint density at radius 2 is 1.63 bits per heavy atom. The molecular formula is C17H12N2. The van der Waals surface area contributed by atoms with Crippen molar-refractivity contribution in [2.24, 2.45) is 0 Å². The van der Waals surface area contributed by atoms with E-state index in [4.69, 9.17) is 0 Å². The molecule has 4 rings (SSSR count). The van der Waals surface area contributed by atoms with Gasteiger partial charge in [0.25, 0.3) is 0 Å². The molecule has 19 heavy (non-hydrogen) atoms. The van der Waals surface area contributed by atoms with Crippen LogP contribution in [0.5, 0.6) is 0 Å². The van der Waals surface area contributed by atoms with Gasteiger partial charge in [0, 0.05) is 17.8 Å². The van der Waals surface area contributed by atoms with E-state index in [1.54, 1.807) is 12.4 Å². The molecule has 0 amide bonds. The van der Waals surface area contributed by atoms with Gasteiger partial charge in [-0.25, -0.2) is 0 Å². The molecule has 0 aliphatic heterocycles. The second-order valence-electron chi connectivity index (χ2n) is 4.68. The van der Waals surface area contributed by atoms with Crippen LogP contribution in [0.25, 0.3) is 27.9 Å². The van der Waals surface area contributed by atoms with Crippen LogP contribution in [0.2, 0.25) is 0 Å². The average molecular weight is 244 g/mol. The van der Waals surface area contributed by atoms with Gasteiger partial charge < -0.3 is 0 Å². The highest BCUT2D eigenvalue weighted by molar-refractivity contribution is 6.09. The highest BCUT2D eigenvalue weighted by Gasteiger charge is 2.13. The van der Waals surface area contributed by atoms with Crippen LogP contribution in [0.15, 0.2) is 54.9 Å². The van der Waals surface area contributed by atoms with Crippen molar-refractivity contribution < 1.29 is 0 Å². The zero-order valence-corrected chi connectivity index (χ0v) is 10.4. The summed E-state index contributed by atoms with van der Waals surface area (Å²) in [6.07, 6.45) is 13.0. The zero-order chi connectivity index (χ0) is 12.7. The molecule has 1 heterocycles. The Bertz CT molecular complexity index is 844. The molecule has 0 spiro atoms. The van der Waals surface area contributed by atoms with Gasteiger partial charge in [0.1, 0.15) is 0 Å². The summed E-state index contributed by atoms with van der Waals surface area (Å²) < 4.78 is 0. The molecule has 2 aromatic carbocycles. The Labute approximate surface area is 111 Å². The van der Waals surface area contributed by atoms with E-state index in [2.05, 4.69) is 58.5 Å². The minimum absolute atomic E-state index is 0.905. The Kier molecular flexibility index (Phi) is 2.21. The van der Waals surface area contributed by atoms with Crippen LogP contribution in [0.4, 0.5) is 0 Å². The lowest BCUT2D eigenvalue weighted by Gasteiger charge is -2.11.